The van der Waals surface area contributed by atoms with Crippen molar-refractivity contribution >= 4 is 17.3 Å². The van der Waals surface area contributed by atoms with Crippen LogP contribution in [0, 0.1) is 24.1 Å². The van der Waals surface area contributed by atoms with E-state index in [2.05, 4.69) is 17.5 Å². The van der Waals surface area contributed by atoms with Crippen LogP contribution >= 0.6 is 0 Å². The number of carbonyl (C=O) groups is 1. The molecule has 0 atom stereocenters. The lowest BCUT2D eigenvalue weighted by molar-refractivity contribution is -0.120. The molecule has 2 heterocycles. The van der Waals surface area contributed by atoms with E-state index >= 15 is 4.39 Å². The Hall–Kier alpha value is -3.17. The van der Waals surface area contributed by atoms with Crippen molar-refractivity contribution in [1.82, 2.24) is 4.90 Å². The first-order valence-corrected chi connectivity index (χ1v) is 11.1. The van der Waals surface area contributed by atoms with Crippen molar-refractivity contribution in [2.75, 3.05) is 22.9 Å². The summed E-state index contributed by atoms with van der Waals surface area (Å²) in [7, 11) is 0. The Labute approximate surface area is 189 Å². The fourth-order valence-corrected chi connectivity index (χ4v) is 4.72. The Morgan fingerprint density at radius 1 is 1.09 bits per heavy atom. The molecule has 2 aliphatic rings. The third-order valence-corrected chi connectivity index (χ3v) is 6.53. The number of likely N-dealkylation sites (tertiary alicyclic amines) is 1. The molecular formula is C26H29FN4O. The van der Waals surface area contributed by atoms with Crippen molar-refractivity contribution in [2.45, 2.75) is 52.1 Å². The van der Waals surface area contributed by atoms with Crippen LogP contribution in [0.5, 0.6) is 0 Å². The lowest BCUT2D eigenvalue weighted by atomic mass is 10.0. The van der Waals surface area contributed by atoms with Gasteiger partial charge in [0.2, 0.25) is 0 Å². The molecule has 0 unspecified atom stereocenters. The van der Waals surface area contributed by atoms with Crippen LogP contribution in [0.3, 0.4) is 0 Å². The molecule has 0 saturated carbocycles. The van der Waals surface area contributed by atoms with Gasteiger partial charge < -0.3 is 4.90 Å². The number of nitrogens with zero attached hydrogens (tertiary/aromatic N) is 4. The van der Waals surface area contributed by atoms with Crippen molar-refractivity contribution in [1.29, 1.82) is 5.26 Å². The van der Waals surface area contributed by atoms with Gasteiger partial charge in [0.05, 0.1) is 17.3 Å². The summed E-state index contributed by atoms with van der Waals surface area (Å²) in [5.74, 6) is 0.0495. The Morgan fingerprint density at radius 3 is 2.41 bits per heavy atom. The van der Waals surface area contributed by atoms with Crippen LogP contribution in [-0.2, 0) is 11.3 Å². The summed E-state index contributed by atoms with van der Waals surface area (Å²) < 4.78 is 15.1. The minimum absolute atomic E-state index is 0.149. The van der Waals surface area contributed by atoms with Gasteiger partial charge in [-0.2, -0.15) is 5.26 Å². The normalized spacial score (nSPS) is 18.8. The number of rotatable bonds is 4. The first kappa shape index (κ1) is 22.0. The van der Waals surface area contributed by atoms with E-state index in [1.807, 2.05) is 39.0 Å². The number of hydrogen-bond acceptors (Lipinski definition) is 4. The Morgan fingerprint density at radius 2 is 1.78 bits per heavy atom. The molecule has 2 fully saturated rings. The van der Waals surface area contributed by atoms with E-state index in [0.717, 1.165) is 31.5 Å². The standard InChI is InChI=1S/C26H29FN4O/c1-18-14-22(10-8-20(18)16-28)30-19(2)31(26(3,4)25(30)32)23-11-9-21(24(27)15-23)17-29-12-6-5-7-13-29/h8-11,14-15H,2,5-7,12-13,17H2,1,3-4H3. The third-order valence-electron chi connectivity index (χ3n) is 6.53. The molecular weight excluding hydrogens is 403 g/mol. The molecule has 32 heavy (non-hydrogen) atoms. The van der Waals surface area contributed by atoms with Crippen molar-refractivity contribution in [2.24, 2.45) is 0 Å². The Kier molecular flexibility index (Phi) is 5.79. The lowest BCUT2D eigenvalue weighted by Crippen LogP contribution is -2.43. The average Bonchev–Trinajstić information content (AvgIpc) is 2.94. The molecule has 5 nitrogen and oxygen atoms in total. The number of aryl methyl sites for hydroxylation is 1. The molecule has 2 aliphatic heterocycles. The van der Waals surface area contributed by atoms with Crippen molar-refractivity contribution in [3.8, 4) is 6.07 Å². The number of halogens is 1. The Bertz CT molecular complexity index is 1110. The fourth-order valence-electron chi connectivity index (χ4n) is 4.72. The molecule has 0 spiro atoms. The van der Waals surface area contributed by atoms with Crippen LogP contribution in [0.4, 0.5) is 15.8 Å². The smallest absolute Gasteiger partial charge is 0.258 e. The minimum Gasteiger partial charge on any atom is -0.313 e. The second-order valence-electron chi connectivity index (χ2n) is 9.17. The molecule has 1 amide bonds. The summed E-state index contributed by atoms with van der Waals surface area (Å²) in [6.07, 6.45) is 3.57. The second kappa shape index (κ2) is 8.40. The van der Waals surface area contributed by atoms with E-state index in [9.17, 15) is 10.1 Å². The van der Waals surface area contributed by atoms with Crippen molar-refractivity contribution in [3.05, 3.63) is 71.3 Å². The van der Waals surface area contributed by atoms with Crippen LogP contribution in [0.1, 0.15) is 49.8 Å². The first-order valence-electron chi connectivity index (χ1n) is 11.1. The van der Waals surface area contributed by atoms with Crippen molar-refractivity contribution < 1.29 is 9.18 Å². The van der Waals surface area contributed by atoms with E-state index < -0.39 is 5.54 Å². The second-order valence-corrected chi connectivity index (χ2v) is 9.17. The highest BCUT2D eigenvalue weighted by molar-refractivity contribution is 6.09. The van der Waals surface area contributed by atoms with Gasteiger partial charge in [0.25, 0.3) is 5.91 Å². The summed E-state index contributed by atoms with van der Waals surface area (Å²) in [6, 6.07) is 12.6. The first-order chi connectivity index (χ1) is 15.2. The van der Waals surface area contributed by atoms with Crippen LogP contribution in [0.15, 0.2) is 48.8 Å². The molecule has 2 aromatic carbocycles. The van der Waals surface area contributed by atoms with E-state index in [4.69, 9.17) is 0 Å². The zero-order chi connectivity index (χ0) is 23.0. The van der Waals surface area contributed by atoms with Gasteiger partial charge in [-0.25, -0.2) is 4.39 Å². The lowest BCUT2D eigenvalue weighted by Gasteiger charge is -2.31. The fraction of sp³-hybridized carbons (Fsp3) is 0.385. The molecule has 2 aromatic rings. The maximum Gasteiger partial charge on any atom is 0.258 e. The molecule has 0 aromatic heterocycles. The maximum absolute atomic E-state index is 15.1. The number of benzene rings is 2. The molecule has 0 aliphatic carbocycles. The van der Waals surface area contributed by atoms with Gasteiger partial charge in [-0.3, -0.25) is 14.6 Å². The zero-order valence-electron chi connectivity index (χ0n) is 19.0. The number of amides is 1. The van der Waals surface area contributed by atoms with Crippen LogP contribution in [-0.4, -0.2) is 29.4 Å². The monoisotopic (exact) mass is 432 g/mol. The molecule has 0 bridgehead atoms. The van der Waals surface area contributed by atoms with Gasteiger partial charge in [-0.05, 0) is 82.6 Å². The topological polar surface area (TPSA) is 50.6 Å². The summed E-state index contributed by atoms with van der Waals surface area (Å²) in [5.41, 5.74) is 2.34. The van der Waals surface area contributed by atoms with Gasteiger partial charge in [-0.15, -0.1) is 0 Å². The summed E-state index contributed by atoms with van der Waals surface area (Å²) >= 11 is 0. The van der Waals surface area contributed by atoms with E-state index in [1.165, 1.54) is 12.5 Å². The quantitative estimate of drug-likeness (QED) is 0.675. The molecule has 6 heteroatoms. The number of piperidine rings is 1. The highest BCUT2D eigenvalue weighted by Gasteiger charge is 2.49. The largest absolute Gasteiger partial charge is 0.313 e. The van der Waals surface area contributed by atoms with E-state index in [1.54, 1.807) is 21.9 Å². The number of anilines is 2. The predicted octanol–water partition coefficient (Wildman–Crippen LogP) is 5.09. The molecule has 0 radical (unpaired) electrons. The SMILES string of the molecule is C=C1N(c2ccc(C#N)c(C)c2)C(=O)C(C)(C)N1c1ccc(CN2CCCCC2)c(F)c1. The van der Waals surface area contributed by atoms with Crippen LogP contribution in [0.2, 0.25) is 0 Å². The van der Waals surface area contributed by atoms with Gasteiger partial charge >= 0.3 is 0 Å². The molecule has 166 valence electrons. The maximum atomic E-state index is 15.1. The summed E-state index contributed by atoms with van der Waals surface area (Å²) in [6.45, 7) is 12.3. The number of hydrogen-bond donors (Lipinski definition) is 0. The van der Waals surface area contributed by atoms with Gasteiger partial charge in [-0.1, -0.05) is 19.1 Å². The zero-order valence-corrected chi connectivity index (χ0v) is 19.0. The Balaban J connectivity index is 1.64. The minimum atomic E-state index is -0.931. The molecule has 2 saturated heterocycles. The highest BCUT2D eigenvalue weighted by Crippen LogP contribution is 2.41. The van der Waals surface area contributed by atoms with Crippen molar-refractivity contribution in [3.63, 3.8) is 0 Å². The third kappa shape index (κ3) is 3.78. The summed E-state index contributed by atoms with van der Waals surface area (Å²) in [4.78, 5) is 19.0. The van der Waals surface area contributed by atoms with Gasteiger partial charge in [0.15, 0.2) is 0 Å². The number of nitriles is 1. The average molecular weight is 433 g/mol. The van der Waals surface area contributed by atoms with E-state index in [0.29, 0.717) is 34.9 Å². The van der Waals surface area contributed by atoms with Crippen LogP contribution < -0.4 is 9.80 Å². The van der Waals surface area contributed by atoms with E-state index in [-0.39, 0.29) is 11.7 Å². The van der Waals surface area contributed by atoms with Gasteiger partial charge in [0, 0.05) is 17.8 Å². The summed E-state index contributed by atoms with van der Waals surface area (Å²) in [5, 5.41) is 9.21. The predicted molar refractivity (Wildman–Crippen MR) is 125 cm³/mol. The van der Waals surface area contributed by atoms with Crippen LogP contribution in [0.25, 0.3) is 0 Å². The van der Waals surface area contributed by atoms with Gasteiger partial charge in [0.1, 0.15) is 17.2 Å². The number of carbonyl (C=O) groups excluding carboxylic acids is 1. The molecule has 4 rings (SSSR count). The highest BCUT2D eigenvalue weighted by atomic mass is 19.1. The molecule has 0 N–H and O–H groups in total.